The van der Waals surface area contributed by atoms with Crippen LogP contribution in [0.3, 0.4) is 0 Å². The zero-order valence-corrected chi connectivity index (χ0v) is 11.9. The van der Waals surface area contributed by atoms with Gasteiger partial charge in [0, 0.05) is 5.02 Å². The maximum Gasteiger partial charge on any atom is 0.540 e. The van der Waals surface area contributed by atoms with Crippen molar-refractivity contribution in [1.29, 1.82) is 0 Å². The van der Waals surface area contributed by atoms with Gasteiger partial charge in [0.25, 0.3) is 0 Å². The summed E-state index contributed by atoms with van der Waals surface area (Å²) in [4.78, 5) is 0. The summed E-state index contributed by atoms with van der Waals surface area (Å²) in [6, 6.07) is 3.52. The van der Waals surface area contributed by atoms with E-state index in [9.17, 15) is 0 Å². The zero-order chi connectivity index (χ0) is 8.43. The van der Waals surface area contributed by atoms with E-state index in [2.05, 4.69) is 0 Å². The molecule has 1 rings (SSSR count). The highest BCUT2D eigenvalue weighted by atomic mass is 79.9. The molecule has 0 fully saturated rings. The Kier molecular flexibility index (Phi) is 7.01. The number of benzene rings is 1. The van der Waals surface area contributed by atoms with E-state index in [1.165, 1.54) is 0 Å². The van der Waals surface area contributed by atoms with E-state index in [-0.39, 0.29) is 17.0 Å². The first-order valence-corrected chi connectivity index (χ1v) is 6.83. The molecule has 0 saturated heterocycles. The summed E-state index contributed by atoms with van der Waals surface area (Å²) >= 11 is 16.5. The van der Waals surface area contributed by atoms with Crippen molar-refractivity contribution in [3.63, 3.8) is 0 Å². The Morgan fingerprint density at radius 2 is 1.58 bits per heavy atom. The van der Waals surface area contributed by atoms with Crippen molar-refractivity contribution < 1.29 is 0 Å². The lowest BCUT2D eigenvalue weighted by Gasteiger charge is -2.02. The van der Waals surface area contributed by atoms with Gasteiger partial charge >= 0.3 is 19.3 Å². The molecular formula is C6H3BrCl4Mg. The van der Waals surface area contributed by atoms with Crippen LogP contribution in [0.4, 0.5) is 0 Å². The lowest BCUT2D eigenvalue weighted by Crippen LogP contribution is -2.09. The predicted molar refractivity (Wildman–Crippen MR) is 63.0 cm³/mol. The maximum absolute atomic E-state index is 5.83. The number of rotatable bonds is 1. The van der Waals surface area contributed by atoms with Gasteiger partial charge in [-0.3, -0.25) is 0 Å². The molecule has 12 heavy (non-hydrogen) atoms. The van der Waals surface area contributed by atoms with Gasteiger partial charge < -0.3 is 9.07 Å². The predicted octanol–water partition coefficient (Wildman–Crippen LogP) is 3.71. The Bertz CT molecular complexity index is 278. The summed E-state index contributed by atoms with van der Waals surface area (Å²) in [5, 5.41) is 1.37. The molecule has 1 aromatic carbocycles. The van der Waals surface area contributed by atoms with Crippen molar-refractivity contribution in [2.45, 2.75) is 0 Å². The van der Waals surface area contributed by atoms with E-state index < -0.39 is 19.3 Å². The molecule has 1 aromatic rings. The van der Waals surface area contributed by atoms with Crippen LogP contribution in [0.5, 0.6) is 0 Å². The topological polar surface area (TPSA) is 0 Å². The third-order valence-corrected chi connectivity index (χ3v) is 4.56. The monoisotopic (exact) mass is 318 g/mol. The third-order valence-electron chi connectivity index (χ3n) is 1.26. The molecule has 0 aromatic heterocycles. The van der Waals surface area contributed by atoms with Gasteiger partial charge in [0.15, 0.2) is 0 Å². The molecule has 0 N–H and O–H groups in total. The molecule has 0 spiro atoms. The summed E-state index contributed by atoms with van der Waals surface area (Å²) in [7, 11) is 5.71. The van der Waals surface area contributed by atoms with Crippen molar-refractivity contribution >= 4 is 83.8 Å². The van der Waals surface area contributed by atoms with E-state index in [1.54, 1.807) is 6.07 Å². The van der Waals surface area contributed by atoms with Gasteiger partial charge in [-0.15, -0.1) is 20.7 Å². The highest BCUT2D eigenvalue weighted by molar-refractivity contribution is 8.93. The highest BCUT2D eigenvalue weighted by Gasteiger charge is 2.08. The molecule has 0 radical (unpaired) electrons. The fourth-order valence-corrected chi connectivity index (χ4v) is 2.91. The Morgan fingerprint density at radius 3 is 2.08 bits per heavy atom. The average Bonchev–Trinajstić information content (AvgIpc) is 2.01. The minimum absolute atomic E-state index is 0. The Balaban J connectivity index is 0.00000121. The summed E-state index contributed by atoms with van der Waals surface area (Å²) in [5.74, 6) is 0. The van der Waals surface area contributed by atoms with Crippen molar-refractivity contribution in [3.8, 4) is 0 Å². The van der Waals surface area contributed by atoms with Gasteiger partial charge in [-0.05, 0) is 6.07 Å². The number of halogens is 5. The van der Waals surface area contributed by atoms with Crippen LogP contribution < -0.4 is 3.69 Å². The van der Waals surface area contributed by atoms with E-state index in [4.69, 9.17) is 43.9 Å². The number of hydrogen-bond donors (Lipinski definition) is 0. The summed E-state index contributed by atoms with van der Waals surface area (Å²) < 4.78 is 0.933. The molecule has 6 heteroatoms. The first-order chi connectivity index (χ1) is 5.16. The Labute approximate surface area is 110 Å². The van der Waals surface area contributed by atoms with Crippen LogP contribution in [0.1, 0.15) is 0 Å². The summed E-state index contributed by atoms with van der Waals surface area (Å²) in [5.41, 5.74) is 0. The lowest BCUT2D eigenvalue weighted by molar-refractivity contribution is 1.76. The molecule has 0 saturated carbocycles. The maximum atomic E-state index is 5.83. The largest absolute Gasteiger partial charge is 0.540 e. The van der Waals surface area contributed by atoms with Crippen molar-refractivity contribution in [3.05, 3.63) is 27.2 Å². The van der Waals surface area contributed by atoms with Crippen LogP contribution in [-0.2, 0) is 0 Å². The minimum atomic E-state index is -0.778. The quantitative estimate of drug-likeness (QED) is 0.546. The molecule has 64 valence electrons. The SMILES string of the molecule is Br.[Cl][Mg][c]1ccc(Cl)c(Cl)c1Cl. The second kappa shape index (κ2) is 6.17. The lowest BCUT2D eigenvalue weighted by atomic mass is 10.3. The van der Waals surface area contributed by atoms with Crippen LogP contribution in [0.25, 0.3) is 0 Å². The van der Waals surface area contributed by atoms with Gasteiger partial charge in [-0.2, -0.15) is 0 Å². The van der Waals surface area contributed by atoms with Crippen molar-refractivity contribution in [2.24, 2.45) is 0 Å². The van der Waals surface area contributed by atoms with Crippen LogP contribution in [0, 0.1) is 0 Å². The normalized spacial score (nSPS) is 8.67. The molecule has 0 unspecified atom stereocenters. The van der Waals surface area contributed by atoms with Crippen molar-refractivity contribution in [2.75, 3.05) is 0 Å². The first-order valence-electron chi connectivity index (χ1n) is 2.85. The molecule has 0 aliphatic heterocycles. The van der Waals surface area contributed by atoms with Crippen LogP contribution in [0.2, 0.25) is 15.1 Å². The van der Waals surface area contributed by atoms with Crippen LogP contribution >= 0.6 is 60.9 Å². The summed E-state index contributed by atoms with van der Waals surface area (Å²) in [6.07, 6.45) is 0. The fourth-order valence-electron chi connectivity index (χ4n) is 0.669. The Hall–Kier alpha value is 1.63. The molecule has 0 aliphatic rings. The first kappa shape index (κ1) is 13.6. The smallest absolute Gasteiger partial charge is 0.336 e. The molecule has 0 aliphatic carbocycles. The van der Waals surface area contributed by atoms with Gasteiger partial charge in [0.1, 0.15) is 0 Å². The molecule has 0 heterocycles. The van der Waals surface area contributed by atoms with E-state index >= 15 is 0 Å². The zero-order valence-electron chi connectivity index (χ0n) is 5.78. The van der Waals surface area contributed by atoms with Gasteiger partial charge in [-0.25, -0.2) is 0 Å². The molecular weight excluding hydrogens is 318 g/mol. The summed E-state index contributed by atoms with van der Waals surface area (Å²) in [6.45, 7) is 0. The number of hydrogen-bond acceptors (Lipinski definition) is 0. The van der Waals surface area contributed by atoms with Gasteiger partial charge in [0.2, 0.25) is 0 Å². The van der Waals surface area contributed by atoms with E-state index in [0.717, 1.165) is 3.69 Å². The van der Waals surface area contributed by atoms with E-state index in [0.29, 0.717) is 15.1 Å². The second-order valence-corrected chi connectivity index (χ2v) is 4.96. The van der Waals surface area contributed by atoms with Crippen LogP contribution in [-0.4, -0.2) is 19.3 Å². The standard InChI is InChI=1S/C6H2Cl3.BrH.ClH.Mg/c7-4-2-1-3-5(8)6(4)9;;;/h1-2H;2*1H;/q;;;+1/p-1. The van der Waals surface area contributed by atoms with E-state index in [1.807, 2.05) is 6.07 Å². The van der Waals surface area contributed by atoms with Gasteiger partial charge in [-0.1, -0.05) is 40.9 Å². The minimum Gasteiger partial charge on any atom is -0.336 e. The fraction of sp³-hybridized carbons (Fsp3) is 0. The van der Waals surface area contributed by atoms with Gasteiger partial charge in [0.05, 0.1) is 10.0 Å². The second-order valence-electron chi connectivity index (χ2n) is 1.97. The molecule has 0 amide bonds. The Morgan fingerprint density at radius 1 is 1.00 bits per heavy atom. The van der Waals surface area contributed by atoms with Crippen molar-refractivity contribution in [1.82, 2.24) is 0 Å². The molecule has 0 atom stereocenters. The highest BCUT2D eigenvalue weighted by Crippen LogP contribution is 2.27. The van der Waals surface area contributed by atoms with Crippen LogP contribution in [0.15, 0.2) is 12.1 Å². The third kappa shape index (κ3) is 3.09. The average molecular weight is 321 g/mol. The molecule has 0 nitrogen and oxygen atoms in total. The molecule has 0 bridgehead atoms.